The number of carbonyl (C=O) groups is 2. The van der Waals surface area contributed by atoms with Crippen LogP contribution >= 0.6 is 27.3 Å². The molecule has 0 radical (unpaired) electrons. The number of rotatable bonds is 6. The molecule has 1 aliphatic rings. The molecule has 1 amide bonds. The van der Waals surface area contributed by atoms with E-state index in [1.807, 2.05) is 58.8 Å². The number of pyridine rings is 1. The summed E-state index contributed by atoms with van der Waals surface area (Å²) in [4.78, 5) is 32.8. The monoisotopic (exact) mass is 440 g/mol. The standard InChI is InChI=1S/C21H17BrN2O2S/c22-15-7-8-16(23-12-15)10-17(25)11-19(20-6-3-9-27-20)24-13-14-4-1-2-5-18(14)21(24)26/h1-9,12,19H,10-11,13H2. The molecule has 0 spiro atoms. The van der Waals surface area contributed by atoms with Crippen molar-refractivity contribution in [3.63, 3.8) is 0 Å². The van der Waals surface area contributed by atoms with E-state index >= 15 is 0 Å². The summed E-state index contributed by atoms with van der Waals surface area (Å²) in [6.45, 7) is 0.543. The van der Waals surface area contributed by atoms with Crippen molar-refractivity contribution in [2.24, 2.45) is 0 Å². The van der Waals surface area contributed by atoms with Gasteiger partial charge in [0, 0.05) is 46.2 Å². The highest BCUT2D eigenvalue weighted by Crippen LogP contribution is 2.35. The Balaban J connectivity index is 1.55. The van der Waals surface area contributed by atoms with E-state index in [-0.39, 0.29) is 30.6 Å². The maximum Gasteiger partial charge on any atom is 0.255 e. The van der Waals surface area contributed by atoms with Crippen molar-refractivity contribution in [2.75, 3.05) is 0 Å². The first kappa shape index (κ1) is 18.1. The highest BCUT2D eigenvalue weighted by atomic mass is 79.9. The second kappa shape index (κ2) is 7.74. The number of nitrogens with zero attached hydrogens (tertiary/aromatic N) is 2. The quantitative estimate of drug-likeness (QED) is 0.552. The number of halogens is 1. The second-order valence-corrected chi connectivity index (χ2v) is 8.40. The van der Waals surface area contributed by atoms with Crippen LogP contribution in [0.4, 0.5) is 0 Å². The summed E-state index contributed by atoms with van der Waals surface area (Å²) in [5, 5.41) is 1.98. The molecular weight excluding hydrogens is 424 g/mol. The summed E-state index contributed by atoms with van der Waals surface area (Å²) in [7, 11) is 0. The Bertz CT molecular complexity index is 970. The van der Waals surface area contributed by atoms with Gasteiger partial charge in [0.05, 0.1) is 6.04 Å². The lowest BCUT2D eigenvalue weighted by Crippen LogP contribution is -2.30. The van der Waals surface area contributed by atoms with Gasteiger partial charge in [0.15, 0.2) is 0 Å². The number of benzene rings is 1. The lowest BCUT2D eigenvalue weighted by molar-refractivity contribution is -0.119. The number of Topliss-reactive ketones (excluding diaryl/α,β-unsaturated/α-hetero) is 1. The molecule has 4 rings (SSSR count). The SMILES string of the molecule is O=C(Cc1ccc(Br)cn1)CC(c1cccs1)N1Cc2ccccc2C1=O. The molecule has 1 unspecified atom stereocenters. The summed E-state index contributed by atoms with van der Waals surface area (Å²) in [6.07, 6.45) is 2.25. The van der Waals surface area contributed by atoms with Crippen LogP contribution in [-0.2, 0) is 17.8 Å². The summed E-state index contributed by atoms with van der Waals surface area (Å²) in [5.74, 6) is 0.0746. The summed E-state index contributed by atoms with van der Waals surface area (Å²) >= 11 is 4.93. The molecule has 27 heavy (non-hydrogen) atoms. The van der Waals surface area contributed by atoms with Gasteiger partial charge in [-0.3, -0.25) is 14.6 Å². The normalized spacial score (nSPS) is 14.3. The molecule has 4 nitrogen and oxygen atoms in total. The van der Waals surface area contributed by atoms with Crippen molar-refractivity contribution in [3.05, 3.63) is 86.3 Å². The van der Waals surface area contributed by atoms with E-state index in [0.29, 0.717) is 6.54 Å². The minimum Gasteiger partial charge on any atom is -0.326 e. The Hall–Kier alpha value is -2.31. The van der Waals surface area contributed by atoms with Crippen LogP contribution in [0.15, 0.2) is 64.6 Å². The number of ketones is 1. The van der Waals surface area contributed by atoms with Crippen molar-refractivity contribution in [2.45, 2.75) is 25.4 Å². The number of fused-ring (bicyclic) bond motifs is 1. The van der Waals surface area contributed by atoms with Gasteiger partial charge in [0.1, 0.15) is 5.78 Å². The van der Waals surface area contributed by atoms with E-state index in [4.69, 9.17) is 0 Å². The number of hydrogen-bond donors (Lipinski definition) is 0. The lowest BCUT2D eigenvalue weighted by atomic mass is 10.0. The fourth-order valence-corrected chi connectivity index (χ4v) is 4.45. The zero-order valence-corrected chi connectivity index (χ0v) is 16.9. The Kier molecular flexibility index (Phi) is 5.18. The zero-order valence-electron chi connectivity index (χ0n) is 14.5. The van der Waals surface area contributed by atoms with Crippen LogP contribution in [0, 0.1) is 0 Å². The van der Waals surface area contributed by atoms with Gasteiger partial charge in [0.2, 0.25) is 0 Å². The molecule has 0 bridgehead atoms. The van der Waals surface area contributed by atoms with Crippen molar-refractivity contribution in [1.82, 2.24) is 9.88 Å². The summed E-state index contributed by atoms with van der Waals surface area (Å²) in [5.41, 5.74) is 2.50. The van der Waals surface area contributed by atoms with Crippen molar-refractivity contribution in [3.8, 4) is 0 Å². The molecule has 0 saturated heterocycles. The largest absolute Gasteiger partial charge is 0.326 e. The highest BCUT2D eigenvalue weighted by Gasteiger charge is 2.34. The van der Waals surface area contributed by atoms with Crippen LogP contribution in [0.5, 0.6) is 0 Å². The van der Waals surface area contributed by atoms with E-state index in [0.717, 1.165) is 26.2 Å². The second-order valence-electron chi connectivity index (χ2n) is 6.51. The Morgan fingerprint density at radius 1 is 1.19 bits per heavy atom. The smallest absolute Gasteiger partial charge is 0.255 e. The average Bonchev–Trinajstić information content (AvgIpc) is 3.31. The molecule has 1 aromatic carbocycles. The van der Waals surface area contributed by atoms with Gasteiger partial charge in [-0.15, -0.1) is 11.3 Å². The van der Waals surface area contributed by atoms with Crippen molar-refractivity contribution in [1.29, 1.82) is 0 Å². The van der Waals surface area contributed by atoms with Gasteiger partial charge < -0.3 is 4.90 Å². The molecule has 0 aliphatic carbocycles. The molecular formula is C21H17BrN2O2S. The molecule has 2 aromatic heterocycles. The van der Waals surface area contributed by atoms with Gasteiger partial charge in [-0.05, 0) is 51.1 Å². The number of aromatic nitrogens is 1. The van der Waals surface area contributed by atoms with Crippen molar-refractivity contribution < 1.29 is 9.59 Å². The first-order valence-corrected chi connectivity index (χ1v) is 10.3. The third-order valence-electron chi connectivity index (χ3n) is 4.69. The van der Waals surface area contributed by atoms with Gasteiger partial charge in [-0.1, -0.05) is 24.3 Å². The van der Waals surface area contributed by atoms with E-state index in [1.165, 1.54) is 0 Å². The fourth-order valence-electron chi connectivity index (χ4n) is 3.37. The minimum absolute atomic E-state index is 0.00133. The predicted octanol–water partition coefficient (Wildman–Crippen LogP) is 4.80. The molecule has 3 heterocycles. The molecule has 0 N–H and O–H groups in total. The van der Waals surface area contributed by atoms with Crippen LogP contribution in [0.1, 0.15) is 39.0 Å². The van der Waals surface area contributed by atoms with E-state index < -0.39 is 0 Å². The van der Waals surface area contributed by atoms with Crippen LogP contribution in [-0.4, -0.2) is 21.6 Å². The van der Waals surface area contributed by atoms with Gasteiger partial charge in [-0.25, -0.2) is 0 Å². The fraction of sp³-hybridized carbons (Fsp3) is 0.190. The third kappa shape index (κ3) is 3.87. The molecule has 1 aliphatic heterocycles. The maximum atomic E-state index is 12.9. The number of hydrogen-bond acceptors (Lipinski definition) is 4. The van der Waals surface area contributed by atoms with E-state index in [2.05, 4.69) is 20.9 Å². The Morgan fingerprint density at radius 3 is 2.74 bits per heavy atom. The van der Waals surface area contributed by atoms with Gasteiger partial charge in [0.25, 0.3) is 5.91 Å². The minimum atomic E-state index is -0.243. The zero-order chi connectivity index (χ0) is 18.8. The van der Waals surface area contributed by atoms with Crippen LogP contribution < -0.4 is 0 Å². The Labute approximate surface area is 170 Å². The molecule has 0 fully saturated rings. The molecule has 3 aromatic rings. The van der Waals surface area contributed by atoms with Crippen molar-refractivity contribution >= 4 is 39.0 Å². The summed E-state index contributed by atoms with van der Waals surface area (Å²) < 4.78 is 0.885. The van der Waals surface area contributed by atoms with E-state index in [1.54, 1.807) is 17.5 Å². The van der Waals surface area contributed by atoms with Crippen LogP contribution in [0.2, 0.25) is 0 Å². The molecule has 0 saturated carbocycles. The van der Waals surface area contributed by atoms with Gasteiger partial charge in [-0.2, -0.15) is 0 Å². The topological polar surface area (TPSA) is 50.3 Å². The summed E-state index contributed by atoms with van der Waals surface area (Å²) in [6, 6.07) is 15.1. The highest BCUT2D eigenvalue weighted by molar-refractivity contribution is 9.10. The van der Waals surface area contributed by atoms with E-state index in [9.17, 15) is 9.59 Å². The number of thiophene rings is 1. The molecule has 6 heteroatoms. The number of carbonyl (C=O) groups excluding carboxylic acids is 2. The van der Waals surface area contributed by atoms with Crippen LogP contribution in [0.25, 0.3) is 0 Å². The third-order valence-corrected chi connectivity index (χ3v) is 6.13. The maximum absolute atomic E-state index is 12.9. The predicted molar refractivity (Wildman–Crippen MR) is 109 cm³/mol. The number of amides is 1. The van der Waals surface area contributed by atoms with Crippen LogP contribution in [0.3, 0.4) is 0 Å². The molecule has 136 valence electrons. The first-order chi connectivity index (χ1) is 13.1. The Morgan fingerprint density at radius 2 is 2.04 bits per heavy atom. The first-order valence-electron chi connectivity index (χ1n) is 8.66. The lowest BCUT2D eigenvalue weighted by Gasteiger charge is -2.26. The van der Waals surface area contributed by atoms with Gasteiger partial charge >= 0.3 is 0 Å². The molecule has 1 atom stereocenters. The average molecular weight is 441 g/mol.